The Hall–Kier alpha value is -4.43. The number of nitrogens with zero attached hydrogens (tertiary/aromatic N) is 4. The standard InChI is InChI=1S/C23H20N6O4S/c1-4-5-19-18-12-20(25-14-15(18)10-11-24-19)26-16-6-8-17(9-7-16)34(30,31)29-23-27-21(32-2)13-22(28-23)33-3/h6-14H,1-3H3,(H,25,26)(H,27,28,29). The van der Waals surface area contributed by atoms with Crippen LogP contribution in [-0.4, -0.2) is 42.6 Å². The van der Waals surface area contributed by atoms with Crippen LogP contribution in [0.1, 0.15) is 12.6 Å². The van der Waals surface area contributed by atoms with Gasteiger partial charge < -0.3 is 14.8 Å². The topological polar surface area (TPSA) is 128 Å². The number of hydrogen-bond acceptors (Lipinski definition) is 9. The first-order chi connectivity index (χ1) is 16.4. The number of anilines is 3. The Morgan fingerprint density at radius 3 is 2.29 bits per heavy atom. The van der Waals surface area contributed by atoms with Gasteiger partial charge in [-0.1, -0.05) is 5.92 Å². The van der Waals surface area contributed by atoms with E-state index < -0.39 is 10.0 Å². The molecule has 0 fully saturated rings. The van der Waals surface area contributed by atoms with Crippen molar-refractivity contribution in [3.05, 3.63) is 60.6 Å². The lowest BCUT2D eigenvalue weighted by atomic mass is 10.1. The third kappa shape index (κ3) is 4.97. The molecule has 0 aliphatic carbocycles. The highest BCUT2D eigenvalue weighted by atomic mass is 32.2. The molecule has 3 heterocycles. The van der Waals surface area contributed by atoms with E-state index in [9.17, 15) is 8.42 Å². The molecule has 34 heavy (non-hydrogen) atoms. The number of fused-ring (bicyclic) bond motifs is 1. The van der Waals surface area contributed by atoms with Crippen molar-refractivity contribution in [1.82, 2.24) is 19.9 Å². The Labute approximate surface area is 196 Å². The van der Waals surface area contributed by atoms with Crippen LogP contribution < -0.4 is 19.5 Å². The highest BCUT2D eigenvalue weighted by Crippen LogP contribution is 2.24. The molecular weight excluding hydrogens is 456 g/mol. The van der Waals surface area contributed by atoms with Crippen molar-refractivity contribution >= 4 is 38.2 Å². The lowest BCUT2D eigenvalue weighted by molar-refractivity contribution is 0.373. The molecular formula is C23H20N6O4S. The zero-order chi connectivity index (χ0) is 24.1. The van der Waals surface area contributed by atoms with Crippen LogP contribution in [0.2, 0.25) is 0 Å². The number of nitrogens with one attached hydrogen (secondary N) is 2. The molecule has 0 atom stereocenters. The second-order valence-corrected chi connectivity index (χ2v) is 8.54. The monoisotopic (exact) mass is 476 g/mol. The second kappa shape index (κ2) is 9.60. The Morgan fingerprint density at radius 1 is 0.941 bits per heavy atom. The van der Waals surface area contributed by atoms with E-state index in [1.165, 1.54) is 32.4 Å². The first-order valence-electron chi connectivity index (χ1n) is 9.96. The van der Waals surface area contributed by atoms with Gasteiger partial charge in [0, 0.05) is 28.9 Å². The molecule has 0 spiro atoms. The van der Waals surface area contributed by atoms with Crippen molar-refractivity contribution in [2.24, 2.45) is 0 Å². The van der Waals surface area contributed by atoms with Gasteiger partial charge in [0.2, 0.25) is 17.7 Å². The average Bonchev–Trinajstić information content (AvgIpc) is 2.84. The zero-order valence-corrected chi connectivity index (χ0v) is 19.3. The molecule has 1 aromatic carbocycles. The molecule has 11 heteroatoms. The second-order valence-electron chi connectivity index (χ2n) is 6.86. The van der Waals surface area contributed by atoms with Crippen LogP contribution >= 0.6 is 0 Å². The Morgan fingerprint density at radius 2 is 1.65 bits per heavy atom. The highest BCUT2D eigenvalue weighted by Gasteiger charge is 2.17. The van der Waals surface area contributed by atoms with E-state index in [1.807, 2.05) is 12.1 Å². The number of sulfonamides is 1. The van der Waals surface area contributed by atoms with E-state index in [0.717, 1.165) is 10.8 Å². The smallest absolute Gasteiger partial charge is 0.264 e. The van der Waals surface area contributed by atoms with Gasteiger partial charge in [-0.3, -0.25) is 0 Å². The third-order valence-electron chi connectivity index (χ3n) is 4.65. The summed E-state index contributed by atoms with van der Waals surface area (Å²) in [6, 6.07) is 11.3. The first kappa shape index (κ1) is 22.8. The fraction of sp³-hybridized carbons (Fsp3) is 0.130. The maximum Gasteiger partial charge on any atom is 0.264 e. The minimum Gasteiger partial charge on any atom is -0.481 e. The fourth-order valence-corrected chi connectivity index (χ4v) is 4.00. The molecule has 0 bridgehead atoms. The van der Waals surface area contributed by atoms with Gasteiger partial charge in [-0.15, -0.1) is 0 Å². The molecule has 172 valence electrons. The lowest BCUT2D eigenvalue weighted by Crippen LogP contribution is -2.15. The molecule has 4 rings (SSSR count). The first-order valence-corrected chi connectivity index (χ1v) is 11.4. The Bertz CT molecular complexity index is 1490. The zero-order valence-electron chi connectivity index (χ0n) is 18.5. The summed E-state index contributed by atoms with van der Waals surface area (Å²) < 4.78 is 38.0. The number of aromatic nitrogens is 4. The van der Waals surface area contributed by atoms with E-state index in [0.29, 0.717) is 17.2 Å². The van der Waals surface area contributed by atoms with Crippen molar-refractivity contribution in [3.8, 4) is 23.6 Å². The number of hydrogen-bond donors (Lipinski definition) is 2. The van der Waals surface area contributed by atoms with Gasteiger partial charge in [0.15, 0.2) is 0 Å². The predicted octanol–water partition coefficient (Wildman–Crippen LogP) is 3.35. The van der Waals surface area contributed by atoms with Crippen LogP contribution in [0.5, 0.6) is 11.8 Å². The number of ether oxygens (including phenoxy) is 2. The average molecular weight is 477 g/mol. The molecule has 0 aliphatic rings. The Balaban J connectivity index is 1.55. The van der Waals surface area contributed by atoms with Crippen LogP contribution in [0.4, 0.5) is 17.5 Å². The summed E-state index contributed by atoms with van der Waals surface area (Å²) in [7, 11) is -1.13. The SMILES string of the molecule is CC#Cc1nccc2cnc(Nc3ccc(S(=O)(=O)Nc4nc(OC)cc(OC)n4)cc3)cc12. The van der Waals surface area contributed by atoms with Crippen LogP contribution in [0.3, 0.4) is 0 Å². The van der Waals surface area contributed by atoms with E-state index in [1.54, 1.807) is 31.5 Å². The number of methoxy groups -OCH3 is 2. The molecule has 0 saturated carbocycles. The maximum absolute atomic E-state index is 12.8. The molecule has 0 saturated heterocycles. The van der Waals surface area contributed by atoms with E-state index in [-0.39, 0.29) is 22.6 Å². The summed E-state index contributed by atoms with van der Waals surface area (Å²) in [5, 5.41) is 4.95. The number of rotatable bonds is 7. The van der Waals surface area contributed by atoms with Gasteiger partial charge in [-0.2, -0.15) is 9.97 Å². The van der Waals surface area contributed by atoms with Crippen LogP contribution in [0, 0.1) is 11.8 Å². The van der Waals surface area contributed by atoms with Gasteiger partial charge in [-0.05, 0) is 49.2 Å². The molecule has 0 radical (unpaired) electrons. The van der Waals surface area contributed by atoms with Gasteiger partial charge >= 0.3 is 0 Å². The van der Waals surface area contributed by atoms with Crippen molar-refractivity contribution in [2.75, 3.05) is 24.3 Å². The van der Waals surface area contributed by atoms with Crippen molar-refractivity contribution in [1.29, 1.82) is 0 Å². The van der Waals surface area contributed by atoms with Gasteiger partial charge in [0.25, 0.3) is 10.0 Å². The lowest BCUT2D eigenvalue weighted by Gasteiger charge is -2.11. The van der Waals surface area contributed by atoms with E-state index in [2.05, 4.69) is 41.8 Å². The van der Waals surface area contributed by atoms with Crippen LogP contribution in [-0.2, 0) is 10.0 Å². The largest absolute Gasteiger partial charge is 0.481 e. The molecule has 4 aromatic rings. The van der Waals surface area contributed by atoms with E-state index in [4.69, 9.17) is 9.47 Å². The normalized spacial score (nSPS) is 10.8. The third-order valence-corrected chi connectivity index (χ3v) is 6.00. The molecule has 10 nitrogen and oxygen atoms in total. The van der Waals surface area contributed by atoms with Gasteiger partial charge in [0.1, 0.15) is 11.5 Å². The summed E-state index contributed by atoms with van der Waals surface area (Å²) in [4.78, 5) is 16.7. The number of benzene rings is 1. The summed E-state index contributed by atoms with van der Waals surface area (Å²) in [5.74, 6) is 6.57. The highest BCUT2D eigenvalue weighted by molar-refractivity contribution is 7.92. The maximum atomic E-state index is 12.8. The quantitative estimate of drug-likeness (QED) is 0.386. The predicted molar refractivity (Wildman–Crippen MR) is 128 cm³/mol. The summed E-state index contributed by atoms with van der Waals surface area (Å²) in [5.41, 5.74) is 1.31. The van der Waals surface area contributed by atoms with E-state index >= 15 is 0 Å². The molecule has 0 aliphatic heterocycles. The fourth-order valence-electron chi connectivity index (χ4n) is 3.05. The van der Waals surface area contributed by atoms with Crippen LogP contribution in [0.25, 0.3) is 10.8 Å². The van der Waals surface area contributed by atoms with Crippen LogP contribution in [0.15, 0.2) is 59.8 Å². The molecule has 2 N–H and O–H groups in total. The minimum absolute atomic E-state index is 0.0274. The Kier molecular flexibility index (Phi) is 6.42. The molecule has 3 aromatic heterocycles. The summed E-state index contributed by atoms with van der Waals surface area (Å²) in [6.07, 6.45) is 3.42. The summed E-state index contributed by atoms with van der Waals surface area (Å²) >= 11 is 0. The number of pyridine rings is 2. The van der Waals surface area contributed by atoms with Gasteiger partial charge in [0.05, 0.1) is 25.2 Å². The minimum atomic E-state index is -3.95. The van der Waals surface area contributed by atoms with Crippen molar-refractivity contribution in [2.45, 2.75) is 11.8 Å². The molecule has 0 unspecified atom stereocenters. The van der Waals surface area contributed by atoms with Crippen molar-refractivity contribution in [3.63, 3.8) is 0 Å². The molecule has 0 amide bonds. The van der Waals surface area contributed by atoms with Crippen molar-refractivity contribution < 1.29 is 17.9 Å². The van der Waals surface area contributed by atoms with Gasteiger partial charge in [-0.25, -0.2) is 23.1 Å². The summed E-state index contributed by atoms with van der Waals surface area (Å²) in [6.45, 7) is 1.75.